The molecule has 202 valence electrons. The van der Waals surface area contributed by atoms with E-state index in [1.165, 1.54) is 44.5 Å². The molecule has 0 heterocycles. The van der Waals surface area contributed by atoms with E-state index in [-0.39, 0.29) is 24.8 Å². The molecule has 0 aliphatic heterocycles. The third-order valence-corrected chi connectivity index (χ3v) is 16.2. The van der Waals surface area contributed by atoms with Crippen LogP contribution in [0.15, 0.2) is 146 Å². The molecule has 42 heavy (non-hydrogen) atoms. The Labute approximate surface area is 268 Å². The Balaban J connectivity index is 0.00000158. The van der Waals surface area contributed by atoms with Crippen molar-refractivity contribution in [3.8, 4) is 22.3 Å². The van der Waals surface area contributed by atoms with Gasteiger partial charge in [-0.1, -0.05) is 0 Å². The summed E-state index contributed by atoms with van der Waals surface area (Å²) in [5, 5.41) is 0. The van der Waals surface area contributed by atoms with Crippen molar-refractivity contribution in [3.63, 3.8) is 0 Å². The van der Waals surface area contributed by atoms with Crippen LogP contribution in [0.3, 0.4) is 0 Å². The fourth-order valence-electron chi connectivity index (χ4n) is 6.86. The molecule has 0 amide bonds. The van der Waals surface area contributed by atoms with Gasteiger partial charge in [0.15, 0.2) is 0 Å². The number of benzene rings is 6. The summed E-state index contributed by atoms with van der Waals surface area (Å²) >= 11 is -2.81. The molecule has 2 aliphatic rings. The zero-order valence-electron chi connectivity index (χ0n) is 23.0. The van der Waals surface area contributed by atoms with Crippen molar-refractivity contribution in [1.29, 1.82) is 0 Å². The normalized spacial score (nSPS) is 11.5. The molecule has 0 N–H and O–H groups in total. The van der Waals surface area contributed by atoms with Gasteiger partial charge >= 0.3 is 245 Å². The van der Waals surface area contributed by atoms with Gasteiger partial charge in [-0.2, -0.15) is 0 Å². The first-order valence-corrected chi connectivity index (χ1v) is 17.8. The molecule has 0 atom stereocenters. The fourth-order valence-corrected chi connectivity index (χ4v) is 15.0. The second-order valence-electron chi connectivity index (χ2n) is 10.8. The molecule has 2 aliphatic carbocycles. The monoisotopic (exact) mass is 656 g/mol. The van der Waals surface area contributed by atoms with Gasteiger partial charge in [0.1, 0.15) is 0 Å². The van der Waals surface area contributed by atoms with Crippen LogP contribution in [0.2, 0.25) is 0 Å². The first-order chi connectivity index (χ1) is 19.9. The Bertz CT molecular complexity index is 1800. The van der Waals surface area contributed by atoms with E-state index in [1.54, 1.807) is 20.9 Å². The molecule has 0 nitrogen and oxygen atoms in total. The van der Waals surface area contributed by atoms with Gasteiger partial charge in [-0.3, -0.25) is 0 Å². The Hall–Kier alpha value is -3.35. The predicted octanol–water partition coefficient (Wildman–Crippen LogP) is 1.68. The van der Waals surface area contributed by atoms with Crippen molar-refractivity contribution < 1.29 is 46.1 Å². The first-order valence-electron chi connectivity index (χ1n) is 14.1. The molecule has 0 saturated carbocycles. The van der Waals surface area contributed by atoms with E-state index in [2.05, 4.69) is 146 Å². The zero-order chi connectivity index (χ0) is 26.5. The summed E-state index contributed by atoms with van der Waals surface area (Å²) in [6.45, 7) is 0. The van der Waals surface area contributed by atoms with Gasteiger partial charge in [-0.05, 0) is 0 Å². The van der Waals surface area contributed by atoms with E-state index >= 15 is 0 Å². The van der Waals surface area contributed by atoms with Crippen molar-refractivity contribution in [3.05, 3.63) is 179 Å². The molecule has 0 bridgehead atoms. The molecule has 0 saturated heterocycles. The van der Waals surface area contributed by atoms with Crippen LogP contribution in [0.4, 0.5) is 0 Å². The molecule has 0 aromatic heterocycles. The van der Waals surface area contributed by atoms with Crippen molar-refractivity contribution >= 4 is 9.75 Å². The summed E-state index contributed by atoms with van der Waals surface area (Å²) in [6.07, 6.45) is 2.05. The standard InChI is InChI=1S/2C13H9.C13H10.2ClH.Zr/c2*1-3-7-12-10(5-1)9-11-6-2-4-8-13(11)12;1-3-7-12(8-4-1)11-13-9-5-2-6-10-13;;;/h2*1-5,7-8H,9H2;1-10H;2*1H;/q;;;;;+2/p-2. The molecule has 8 rings (SSSR count). The minimum absolute atomic E-state index is 0. The van der Waals surface area contributed by atoms with Gasteiger partial charge in [0.05, 0.1) is 0 Å². The molecule has 3 heteroatoms. The summed E-state index contributed by atoms with van der Waals surface area (Å²) in [5.74, 6) is 0. The van der Waals surface area contributed by atoms with Crippen LogP contribution in [-0.2, 0) is 34.1 Å². The molecule has 6 aromatic rings. The van der Waals surface area contributed by atoms with Gasteiger partial charge in [-0.15, -0.1) is 0 Å². The summed E-state index contributed by atoms with van der Waals surface area (Å²) in [5.41, 5.74) is 14.4. The third-order valence-electron chi connectivity index (χ3n) is 8.62. The van der Waals surface area contributed by atoms with Gasteiger partial charge < -0.3 is 24.8 Å². The van der Waals surface area contributed by atoms with Crippen LogP contribution < -0.4 is 31.4 Å². The quantitative estimate of drug-likeness (QED) is 0.270. The second-order valence-corrected chi connectivity index (χ2v) is 16.5. The summed E-state index contributed by atoms with van der Waals surface area (Å²) in [6, 6.07) is 54.7. The molecule has 6 aromatic carbocycles. The SMILES string of the molecule is [Cl-].[Cl-].c1ccc([C](c2ccccc2)=[Zr+2]([c]2cccc3c2Cc2ccccc2-3)[c]2cccc3c2Cc2ccccc2-3)cc1. The van der Waals surface area contributed by atoms with E-state index in [1.807, 2.05) is 0 Å². The van der Waals surface area contributed by atoms with Crippen LogP contribution >= 0.6 is 0 Å². The van der Waals surface area contributed by atoms with Crippen LogP contribution in [-0.4, -0.2) is 3.21 Å². The molecule has 0 fully saturated rings. The van der Waals surface area contributed by atoms with E-state index in [9.17, 15) is 0 Å². The Morgan fingerprint density at radius 1 is 0.381 bits per heavy atom. The predicted molar refractivity (Wildman–Crippen MR) is 165 cm³/mol. The van der Waals surface area contributed by atoms with Crippen LogP contribution in [0.5, 0.6) is 0 Å². The van der Waals surface area contributed by atoms with Crippen molar-refractivity contribution in [2.24, 2.45) is 0 Å². The van der Waals surface area contributed by atoms with E-state index < -0.39 is 21.3 Å². The molecular weight excluding hydrogens is 631 g/mol. The average Bonchev–Trinajstić information content (AvgIpc) is 3.60. The summed E-state index contributed by atoms with van der Waals surface area (Å²) in [4.78, 5) is 0. The van der Waals surface area contributed by atoms with Gasteiger partial charge in [0, 0.05) is 0 Å². The maximum atomic E-state index is 2.48. The topological polar surface area (TPSA) is 0 Å². The van der Waals surface area contributed by atoms with Crippen molar-refractivity contribution in [1.82, 2.24) is 0 Å². The number of hydrogen-bond acceptors (Lipinski definition) is 0. The third kappa shape index (κ3) is 4.79. The minimum atomic E-state index is -2.81. The number of fused-ring (bicyclic) bond motifs is 6. The number of hydrogen-bond donors (Lipinski definition) is 0. The molecule has 0 unspecified atom stereocenters. The number of halogens is 2. The van der Waals surface area contributed by atoms with E-state index in [0.717, 1.165) is 12.8 Å². The second kappa shape index (κ2) is 12.1. The van der Waals surface area contributed by atoms with Gasteiger partial charge in [-0.25, -0.2) is 0 Å². The Morgan fingerprint density at radius 3 is 1.21 bits per heavy atom. The van der Waals surface area contributed by atoms with Crippen molar-refractivity contribution in [2.45, 2.75) is 12.8 Å². The first kappa shape index (κ1) is 28.8. The fraction of sp³-hybridized carbons (Fsp3) is 0.0513. The number of rotatable bonds is 4. The van der Waals surface area contributed by atoms with Gasteiger partial charge in [0.25, 0.3) is 0 Å². The summed E-state index contributed by atoms with van der Waals surface area (Å²) in [7, 11) is 0. The zero-order valence-corrected chi connectivity index (χ0v) is 27.0. The summed E-state index contributed by atoms with van der Waals surface area (Å²) < 4.78 is 4.80. The molecule has 0 radical (unpaired) electrons. The van der Waals surface area contributed by atoms with Crippen LogP contribution in [0, 0.1) is 0 Å². The molecular formula is C39H28Cl2Zr. The molecule has 0 spiro atoms. The van der Waals surface area contributed by atoms with E-state index in [4.69, 9.17) is 0 Å². The Kier molecular flexibility index (Phi) is 8.29. The maximum absolute atomic E-state index is 2.81. The van der Waals surface area contributed by atoms with Gasteiger partial charge in [0.2, 0.25) is 0 Å². The van der Waals surface area contributed by atoms with E-state index in [0.29, 0.717) is 0 Å². The van der Waals surface area contributed by atoms with Crippen LogP contribution in [0.1, 0.15) is 33.4 Å². The average molecular weight is 659 g/mol. The van der Waals surface area contributed by atoms with Crippen molar-refractivity contribution in [2.75, 3.05) is 0 Å². The Morgan fingerprint density at radius 2 is 0.762 bits per heavy atom. The van der Waals surface area contributed by atoms with Crippen LogP contribution in [0.25, 0.3) is 22.3 Å².